The van der Waals surface area contributed by atoms with Gasteiger partial charge < -0.3 is 5.32 Å². The summed E-state index contributed by atoms with van der Waals surface area (Å²) < 4.78 is 14.1. The molecule has 5 heteroatoms. The molecule has 0 bridgehead atoms. The van der Waals surface area contributed by atoms with Crippen molar-refractivity contribution in [3.63, 3.8) is 0 Å². The van der Waals surface area contributed by atoms with Gasteiger partial charge in [0.1, 0.15) is 5.82 Å². The Morgan fingerprint density at radius 1 is 1.44 bits per heavy atom. The summed E-state index contributed by atoms with van der Waals surface area (Å²) in [5.41, 5.74) is 1.15. The van der Waals surface area contributed by atoms with Gasteiger partial charge in [0.15, 0.2) is 0 Å². The SMILES string of the molecule is Cc1ccc(F)cc1C(=O)NCc1cc(Br)cs1. The maximum Gasteiger partial charge on any atom is 0.251 e. The fourth-order valence-electron chi connectivity index (χ4n) is 1.55. The standard InChI is InChI=1S/C13H11BrFNOS/c1-8-2-3-10(15)5-12(8)13(17)16-6-11-4-9(14)7-18-11/h2-5,7H,6H2,1H3,(H,16,17). The number of nitrogens with one attached hydrogen (secondary N) is 1. The third kappa shape index (κ3) is 3.17. The fraction of sp³-hybridized carbons (Fsp3) is 0.154. The zero-order chi connectivity index (χ0) is 13.1. The van der Waals surface area contributed by atoms with Crippen molar-refractivity contribution in [1.82, 2.24) is 5.32 Å². The number of aryl methyl sites for hydroxylation is 1. The Balaban J connectivity index is 2.05. The molecule has 2 nitrogen and oxygen atoms in total. The van der Waals surface area contributed by atoms with Crippen LogP contribution in [0.2, 0.25) is 0 Å². The van der Waals surface area contributed by atoms with Crippen LogP contribution in [-0.4, -0.2) is 5.91 Å². The summed E-state index contributed by atoms with van der Waals surface area (Å²) in [6, 6.07) is 6.16. The Labute approximate surface area is 117 Å². The lowest BCUT2D eigenvalue weighted by Crippen LogP contribution is -2.23. The van der Waals surface area contributed by atoms with Crippen LogP contribution in [0.3, 0.4) is 0 Å². The Kier molecular flexibility index (Phi) is 4.14. The average Bonchev–Trinajstić information content (AvgIpc) is 2.75. The monoisotopic (exact) mass is 327 g/mol. The highest BCUT2D eigenvalue weighted by atomic mass is 79.9. The second-order valence-corrected chi connectivity index (χ2v) is 5.78. The summed E-state index contributed by atoms with van der Waals surface area (Å²) in [7, 11) is 0. The van der Waals surface area contributed by atoms with E-state index in [9.17, 15) is 9.18 Å². The highest BCUT2D eigenvalue weighted by Gasteiger charge is 2.10. The zero-order valence-electron chi connectivity index (χ0n) is 9.67. The summed E-state index contributed by atoms with van der Waals surface area (Å²) in [6.45, 7) is 2.24. The summed E-state index contributed by atoms with van der Waals surface area (Å²) in [4.78, 5) is 13.0. The molecule has 1 amide bonds. The molecule has 0 saturated heterocycles. The molecule has 0 fully saturated rings. The van der Waals surface area contributed by atoms with E-state index in [1.165, 1.54) is 12.1 Å². The third-order valence-corrected chi connectivity index (χ3v) is 4.19. The van der Waals surface area contributed by atoms with Gasteiger partial charge in [-0.2, -0.15) is 0 Å². The summed E-state index contributed by atoms with van der Waals surface area (Å²) >= 11 is 4.91. The van der Waals surface area contributed by atoms with E-state index in [-0.39, 0.29) is 5.91 Å². The largest absolute Gasteiger partial charge is 0.347 e. The molecule has 1 aromatic carbocycles. The van der Waals surface area contributed by atoms with Crippen molar-refractivity contribution >= 4 is 33.2 Å². The predicted molar refractivity (Wildman–Crippen MR) is 74.3 cm³/mol. The number of thiophene rings is 1. The van der Waals surface area contributed by atoms with Gasteiger partial charge in [-0.25, -0.2) is 4.39 Å². The molecule has 0 aliphatic carbocycles. The molecule has 94 valence electrons. The van der Waals surface area contributed by atoms with Gasteiger partial charge in [-0.1, -0.05) is 6.07 Å². The van der Waals surface area contributed by atoms with E-state index in [2.05, 4.69) is 21.2 Å². The molecular formula is C13H11BrFNOS. The molecule has 0 saturated carbocycles. The Morgan fingerprint density at radius 3 is 2.89 bits per heavy atom. The normalized spacial score (nSPS) is 10.4. The van der Waals surface area contributed by atoms with Crippen LogP contribution in [0.1, 0.15) is 20.8 Å². The molecule has 0 atom stereocenters. The maximum absolute atomic E-state index is 13.1. The predicted octanol–water partition coefficient (Wildman–Crippen LogP) is 3.89. The Hall–Kier alpha value is -1.20. The topological polar surface area (TPSA) is 29.1 Å². The van der Waals surface area contributed by atoms with Crippen LogP contribution >= 0.6 is 27.3 Å². The first kappa shape index (κ1) is 13.2. The average molecular weight is 328 g/mol. The van der Waals surface area contributed by atoms with Gasteiger partial charge in [-0.3, -0.25) is 4.79 Å². The molecule has 0 aliphatic heterocycles. The van der Waals surface area contributed by atoms with E-state index in [4.69, 9.17) is 0 Å². The first-order chi connectivity index (χ1) is 8.56. The van der Waals surface area contributed by atoms with Crippen molar-refractivity contribution < 1.29 is 9.18 Å². The van der Waals surface area contributed by atoms with E-state index in [1.807, 2.05) is 11.4 Å². The summed E-state index contributed by atoms with van der Waals surface area (Å²) in [5, 5.41) is 4.73. The van der Waals surface area contributed by atoms with Gasteiger partial charge in [0.25, 0.3) is 5.91 Å². The van der Waals surface area contributed by atoms with Gasteiger partial charge in [0, 0.05) is 20.3 Å². The Morgan fingerprint density at radius 2 is 2.22 bits per heavy atom. The second-order valence-electron chi connectivity index (χ2n) is 3.87. The molecule has 2 aromatic rings. The minimum atomic E-state index is -0.399. The van der Waals surface area contributed by atoms with Crippen molar-refractivity contribution in [3.05, 3.63) is 55.9 Å². The summed E-state index contributed by atoms with van der Waals surface area (Å²) in [6.07, 6.45) is 0. The number of carbonyl (C=O) groups excluding carboxylic acids is 1. The number of benzene rings is 1. The van der Waals surface area contributed by atoms with E-state index in [0.717, 1.165) is 14.9 Å². The molecule has 2 rings (SSSR count). The number of hydrogen-bond donors (Lipinski definition) is 1. The van der Waals surface area contributed by atoms with E-state index >= 15 is 0 Å². The first-order valence-electron chi connectivity index (χ1n) is 5.33. The molecule has 0 spiro atoms. The molecule has 1 aromatic heterocycles. The number of hydrogen-bond acceptors (Lipinski definition) is 2. The van der Waals surface area contributed by atoms with Crippen LogP contribution in [0.4, 0.5) is 4.39 Å². The van der Waals surface area contributed by atoms with Crippen molar-refractivity contribution in [2.24, 2.45) is 0 Å². The van der Waals surface area contributed by atoms with Gasteiger partial charge in [-0.05, 0) is 46.6 Å². The molecule has 0 unspecified atom stereocenters. The van der Waals surface area contributed by atoms with E-state index in [0.29, 0.717) is 12.1 Å². The molecule has 1 heterocycles. The minimum Gasteiger partial charge on any atom is -0.347 e. The fourth-order valence-corrected chi connectivity index (χ4v) is 2.94. The highest BCUT2D eigenvalue weighted by molar-refractivity contribution is 9.10. The van der Waals surface area contributed by atoms with Crippen molar-refractivity contribution in [1.29, 1.82) is 0 Å². The molecular weight excluding hydrogens is 317 g/mol. The van der Waals surface area contributed by atoms with Crippen LogP contribution in [0.5, 0.6) is 0 Å². The van der Waals surface area contributed by atoms with Crippen LogP contribution in [0.15, 0.2) is 34.1 Å². The van der Waals surface area contributed by atoms with Gasteiger partial charge >= 0.3 is 0 Å². The molecule has 0 radical (unpaired) electrons. The zero-order valence-corrected chi connectivity index (χ0v) is 12.1. The lowest BCUT2D eigenvalue weighted by Gasteiger charge is -2.06. The lowest BCUT2D eigenvalue weighted by molar-refractivity contribution is 0.0950. The van der Waals surface area contributed by atoms with E-state index in [1.54, 1.807) is 24.3 Å². The molecule has 18 heavy (non-hydrogen) atoms. The van der Waals surface area contributed by atoms with Crippen LogP contribution in [0.25, 0.3) is 0 Å². The maximum atomic E-state index is 13.1. The number of amides is 1. The molecule has 0 aliphatic rings. The first-order valence-corrected chi connectivity index (χ1v) is 7.01. The van der Waals surface area contributed by atoms with Crippen LogP contribution in [0, 0.1) is 12.7 Å². The third-order valence-electron chi connectivity index (χ3n) is 2.49. The molecule has 1 N–H and O–H groups in total. The highest BCUT2D eigenvalue weighted by Crippen LogP contribution is 2.19. The number of rotatable bonds is 3. The van der Waals surface area contributed by atoms with Crippen molar-refractivity contribution in [3.8, 4) is 0 Å². The van der Waals surface area contributed by atoms with E-state index < -0.39 is 5.82 Å². The van der Waals surface area contributed by atoms with Gasteiger partial charge in [-0.15, -0.1) is 11.3 Å². The smallest absolute Gasteiger partial charge is 0.251 e. The second kappa shape index (κ2) is 5.63. The van der Waals surface area contributed by atoms with Crippen molar-refractivity contribution in [2.75, 3.05) is 0 Å². The van der Waals surface area contributed by atoms with Gasteiger partial charge in [0.05, 0.1) is 6.54 Å². The van der Waals surface area contributed by atoms with Crippen LogP contribution in [-0.2, 0) is 6.54 Å². The summed E-state index contributed by atoms with van der Waals surface area (Å²) in [5.74, 6) is -0.652. The lowest BCUT2D eigenvalue weighted by atomic mass is 10.1. The van der Waals surface area contributed by atoms with Gasteiger partial charge in [0.2, 0.25) is 0 Å². The number of halogens is 2. The van der Waals surface area contributed by atoms with Crippen LogP contribution < -0.4 is 5.32 Å². The quantitative estimate of drug-likeness (QED) is 0.910. The number of carbonyl (C=O) groups is 1. The minimum absolute atomic E-state index is 0.253. The Bertz CT molecular complexity index is 582. The van der Waals surface area contributed by atoms with Crippen molar-refractivity contribution in [2.45, 2.75) is 13.5 Å².